The summed E-state index contributed by atoms with van der Waals surface area (Å²) >= 11 is 6.37. The van der Waals surface area contributed by atoms with Crippen LogP contribution in [-0.2, 0) is 6.54 Å². The highest BCUT2D eigenvalue weighted by atomic mass is 35.5. The first-order valence-electron chi connectivity index (χ1n) is 6.90. The Kier molecular flexibility index (Phi) is 2.79. The highest BCUT2D eigenvalue weighted by Gasteiger charge is 2.24. The maximum Gasteiger partial charge on any atom is 0.0746 e. The Morgan fingerprint density at radius 2 is 1.85 bits per heavy atom. The van der Waals surface area contributed by atoms with Crippen molar-refractivity contribution in [3.05, 3.63) is 70.9 Å². The lowest BCUT2D eigenvalue weighted by atomic mass is 10.0. The lowest BCUT2D eigenvalue weighted by Gasteiger charge is -2.27. The number of hydrogen-bond donors (Lipinski definition) is 1. The summed E-state index contributed by atoms with van der Waals surface area (Å²) in [5, 5.41) is 5.71. The van der Waals surface area contributed by atoms with Crippen LogP contribution >= 0.6 is 11.6 Å². The van der Waals surface area contributed by atoms with Crippen LogP contribution < -0.4 is 5.32 Å². The number of nitrogens with one attached hydrogen (secondary N) is 1. The van der Waals surface area contributed by atoms with Gasteiger partial charge in [-0.05, 0) is 29.1 Å². The van der Waals surface area contributed by atoms with E-state index < -0.39 is 0 Å². The van der Waals surface area contributed by atoms with E-state index in [0.717, 1.165) is 23.7 Å². The minimum absolute atomic E-state index is 0.171. The van der Waals surface area contributed by atoms with Crippen LogP contribution in [0.15, 0.2) is 54.6 Å². The minimum Gasteiger partial charge on any atom is -0.341 e. The van der Waals surface area contributed by atoms with Gasteiger partial charge in [-0.1, -0.05) is 48.0 Å². The molecular formula is C17H15ClN2. The molecular weight excluding hydrogens is 268 g/mol. The number of hydrogen-bond acceptors (Lipinski definition) is 1. The van der Waals surface area contributed by atoms with Crippen LogP contribution in [0.5, 0.6) is 0 Å². The summed E-state index contributed by atoms with van der Waals surface area (Å²) in [6.45, 7) is 1.96. The molecule has 1 aromatic heterocycles. The van der Waals surface area contributed by atoms with Crippen LogP contribution in [0.1, 0.15) is 17.3 Å². The summed E-state index contributed by atoms with van der Waals surface area (Å²) in [4.78, 5) is 0. The average Bonchev–Trinajstić information content (AvgIpc) is 2.86. The van der Waals surface area contributed by atoms with Gasteiger partial charge in [0.15, 0.2) is 0 Å². The molecule has 2 heterocycles. The Morgan fingerprint density at radius 3 is 2.75 bits per heavy atom. The number of nitrogens with zero attached hydrogens (tertiary/aromatic N) is 1. The molecule has 0 saturated carbocycles. The molecule has 0 radical (unpaired) electrons. The predicted molar refractivity (Wildman–Crippen MR) is 83.2 cm³/mol. The van der Waals surface area contributed by atoms with Gasteiger partial charge in [0, 0.05) is 29.3 Å². The number of benzene rings is 2. The van der Waals surface area contributed by atoms with Gasteiger partial charge < -0.3 is 9.88 Å². The van der Waals surface area contributed by atoms with Crippen LogP contribution in [-0.4, -0.2) is 11.1 Å². The zero-order valence-corrected chi connectivity index (χ0v) is 11.8. The molecule has 3 heteroatoms. The van der Waals surface area contributed by atoms with E-state index in [0.29, 0.717) is 0 Å². The first kappa shape index (κ1) is 12.0. The second-order valence-electron chi connectivity index (χ2n) is 5.19. The van der Waals surface area contributed by atoms with E-state index in [2.05, 4.69) is 46.3 Å². The number of fused-ring (bicyclic) bond motifs is 3. The normalized spacial score (nSPS) is 18.1. The van der Waals surface area contributed by atoms with Gasteiger partial charge in [-0.2, -0.15) is 0 Å². The molecule has 20 heavy (non-hydrogen) atoms. The molecule has 1 N–H and O–H groups in total. The molecule has 0 bridgehead atoms. The molecule has 0 saturated heterocycles. The van der Waals surface area contributed by atoms with Gasteiger partial charge in [-0.25, -0.2) is 0 Å². The highest BCUT2D eigenvalue weighted by molar-refractivity contribution is 6.31. The molecule has 1 atom stereocenters. The summed E-state index contributed by atoms with van der Waals surface area (Å²) in [6.07, 6.45) is 0. The number of rotatable bonds is 1. The fraction of sp³-hybridized carbons (Fsp3) is 0.176. The van der Waals surface area contributed by atoms with Gasteiger partial charge in [0.25, 0.3) is 0 Å². The van der Waals surface area contributed by atoms with Crippen molar-refractivity contribution in [2.45, 2.75) is 12.6 Å². The minimum atomic E-state index is 0.171. The zero-order valence-electron chi connectivity index (χ0n) is 11.0. The van der Waals surface area contributed by atoms with Crippen molar-refractivity contribution in [1.82, 2.24) is 9.88 Å². The summed E-state index contributed by atoms with van der Waals surface area (Å²) in [7, 11) is 0. The third kappa shape index (κ3) is 1.76. The molecule has 2 nitrogen and oxygen atoms in total. The van der Waals surface area contributed by atoms with E-state index >= 15 is 0 Å². The topological polar surface area (TPSA) is 17.0 Å². The summed E-state index contributed by atoms with van der Waals surface area (Å²) < 4.78 is 2.40. The van der Waals surface area contributed by atoms with Crippen molar-refractivity contribution >= 4 is 22.5 Å². The van der Waals surface area contributed by atoms with Crippen LogP contribution in [0.3, 0.4) is 0 Å². The van der Waals surface area contributed by atoms with Crippen molar-refractivity contribution < 1.29 is 0 Å². The van der Waals surface area contributed by atoms with Crippen molar-refractivity contribution in [2.75, 3.05) is 6.54 Å². The van der Waals surface area contributed by atoms with Crippen molar-refractivity contribution in [3.8, 4) is 0 Å². The second-order valence-corrected chi connectivity index (χ2v) is 5.60. The van der Waals surface area contributed by atoms with Crippen LogP contribution in [0.4, 0.5) is 0 Å². The smallest absolute Gasteiger partial charge is 0.0746 e. The molecule has 1 aliphatic heterocycles. The molecule has 3 aromatic rings. The maximum absolute atomic E-state index is 6.37. The molecule has 1 unspecified atom stereocenters. The Labute approximate surface area is 123 Å². The summed E-state index contributed by atoms with van der Waals surface area (Å²) in [5.41, 5.74) is 3.75. The lowest BCUT2D eigenvalue weighted by Crippen LogP contribution is -2.33. The SMILES string of the molecule is Clc1ccccc1C1NCCn2c1cc1ccccc12. The number of halogens is 1. The van der Waals surface area contributed by atoms with Crippen molar-refractivity contribution in [3.63, 3.8) is 0 Å². The first-order valence-corrected chi connectivity index (χ1v) is 7.28. The third-order valence-corrected chi connectivity index (χ3v) is 4.38. The Bertz CT molecular complexity index is 776. The highest BCUT2D eigenvalue weighted by Crippen LogP contribution is 2.33. The number of para-hydroxylation sites is 1. The van der Waals surface area contributed by atoms with E-state index in [1.807, 2.05) is 18.2 Å². The standard InChI is InChI=1S/C17H15ClN2/c18-14-7-3-2-6-13(14)17-16-11-12-5-1-4-8-15(12)20(16)10-9-19-17/h1-8,11,17,19H,9-10H2. The predicted octanol–water partition coefficient (Wildman–Crippen LogP) is 3.99. The fourth-order valence-corrected chi connectivity index (χ4v) is 3.37. The molecule has 0 aliphatic carbocycles. The molecule has 1 aliphatic rings. The Hall–Kier alpha value is -1.77. The van der Waals surface area contributed by atoms with Gasteiger partial charge in [0.05, 0.1) is 6.04 Å². The molecule has 2 aromatic carbocycles. The monoisotopic (exact) mass is 282 g/mol. The van der Waals surface area contributed by atoms with Crippen LogP contribution in [0.2, 0.25) is 5.02 Å². The average molecular weight is 283 g/mol. The summed E-state index contributed by atoms with van der Waals surface area (Å²) in [5.74, 6) is 0. The van der Waals surface area contributed by atoms with Gasteiger partial charge in [0.1, 0.15) is 0 Å². The van der Waals surface area contributed by atoms with Crippen molar-refractivity contribution in [2.24, 2.45) is 0 Å². The molecule has 0 spiro atoms. The summed E-state index contributed by atoms with van der Waals surface area (Å²) in [6, 6.07) is 19.1. The quantitative estimate of drug-likeness (QED) is 0.714. The molecule has 0 amide bonds. The van der Waals surface area contributed by atoms with E-state index in [9.17, 15) is 0 Å². The second kappa shape index (κ2) is 4.65. The van der Waals surface area contributed by atoms with Gasteiger partial charge >= 0.3 is 0 Å². The molecule has 100 valence electrons. The molecule has 0 fully saturated rings. The lowest BCUT2D eigenvalue weighted by molar-refractivity contribution is 0.475. The van der Waals surface area contributed by atoms with Crippen LogP contribution in [0, 0.1) is 0 Å². The zero-order chi connectivity index (χ0) is 13.5. The van der Waals surface area contributed by atoms with E-state index in [1.54, 1.807) is 0 Å². The maximum atomic E-state index is 6.37. The van der Waals surface area contributed by atoms with E-state index in [-0.39, 0.29) is 6.04 Å². The Balaban J connectivity index is 1.92. The molecule has 4 rings (SSSR count). The van der Waals surface area contributed by atoms with Gasteiger partial charge in [-0.3, -0.25) is 0 Å². The van der Waals surface area contributed by atoms with Gasteiger partial charge in [-0.15, -0.1) is 0 Å². The van der Waals surface area contributed by atoms with E-state index in [1.165, 1.54) is 16.6 Å². The Morgan fingerprint density at radius 1 is 1.05 bits per heavy atom. The van der Waals surface area contributed by atoms with Gasteiger partial charge in [0.2, 0.25) is 0 Å². The van der Waals surface area contributed by atoms with Crippen molar-refractivity contribution in [1.29, 1.82) is 0 Å². The third-order valence-electron chi connectivity index (χ3n) is 4.04. The van der Waals surface area contributed by atoms with E-state index in [4.69, 9.17) is 11.6 Å². The van der Waals surface area contributed by atoms with Crippen LogP contribution in [0.25, 0.3) is 10.9 Å². The fourth-order valence-electron chi connectivity index (χ4n) is 3.12. The number of aromatic nitrogens is 1. The first-order chi connectivity index (χ1) is 9.84. The largest absolute Gasteiger partial charge is 0.341 e.